The molecule has 0 N–H and O–H groups in total. The van der Waals surface area contributed by atoms with E-state index in [0.717, 1.165) is 12.0 Å². The summed E-state index contributed by atoms with van der Waals surface area (Å²) in [5.41, 5.74) is 0.542. The van der Waals surface area contributed by atoms with Crippen molar-refractivity contribution in [2.45, 2.75) is 11.8 Å². The van der Waals surface area contributed by atoms with Crippen LogP contribution in [-0.4, -0.2) is 19.0 Å². The summed E-state index contributed by atoms with van der Waals surface area (Å²) in [6.07, 6.45) is 0.799. The topological polar surface area (TPSA) is 26.3 Å². The highest BCUT2D eigenvalue weighted by molar-refractivity contribution is 6.18. The molecule has 0 bridgehead atoms. The normalized spacial score (nSPS) is 28.5. The summed E-state index contributed by atoms with van der Waals surface area (Å²) in [4.78, 5) is 11.8. The van der Waals surface area contributed by atoms with Crippen molar-refractivity contribution >= 4 is 17.6 Å². The fourth-order valence-electron chi connectivity index (χ4n) is 2.16. The van der Waals surface area contributed by atoms with Crippen LogP contribution in [0.15, 0.2) is 30.3 Å². The molecule has 0 amide bonds. The van der Waals surface area contributed by atoms with Gasteiger partial charge < -0.3 is 4.74 Å². The fourth-order valence-corrected chi connectivity index (χ4v) is 2.53. The van der Waals surface area contributed by atoms with Gasteiger partial charge in [-0.1, -0.05) is 30.3 Å². The van der Waals surface area contributed by atoms with Gasteiger partial charge in [0.05, 0.1) is 12.5 Å². The van der Waals surface area contributed by atoms with Gasteiger partial charge in [0.15, 0.2) is 0 Å². The Balaban J connectivity index is 2.34. The molecule has 0 radical (unpaired) electrons. The second-order valence-electron chi connectivity index (χ2n) is 3.88. The van der Waals surface area contributed by atoms with Crippen LogP contribution >= 0.6 is 11.6 Å². The molecule has 1 aromatic carbocycles. The molecule has 2 nitrogen and oxygen atoms in total. The molecule has 3 heteroatoms. The molecule has 2 rings (SSSR count). The van der Waals surface area contributed by atoms with E-state index in [1.54, 1.807) is 0 Å². The zero-order valence-corrected chi connectivity index (χ0v) is 9.33. The number of esters is 1. The van der Waals surface area contributed by atoms with Crippen LogP contribution in [0.4, 0.5) is 0 Å². The van der Waals surface area contributed by atoms with Gasteiger partial charge >= 0.3 is 5.97 Å². The number of carbonyl (C=O) groups is 1. The Bertz CT molecular complexity index is 363. The van der Waals surface area contributed by atoms with Crippen LogP contribution in [0, 0.1) is 5.92 Å². The van der Waals surface area contributed by atoms with E-state index in [-0.39, 0.29) is 11.9 Å². The summed E-state index contributed by atoms with van der Waals surface area (Å²) in [5, 5.41) is 0. The number of hydrogen-bond acceptors (Lipinski definition) is 2. The molecule has 2 atom stereocenters. The Morgan fingerprint density at radius 3 is 2.67 bits per heavy atom. The molecule has 1 aliphatic rings. The Morgan fingerprint density at radius 1 is 1.53 bits per heavy atom. The highest BCUT2D eigenvalue weighted by Gasteiger charge is 2.61. The van der Waals surface area contributed by atoms with Crippen LogP contribution in [0.25, 0.3) is 0 Å². The van der Waals surface area contributed by atoms with Gasteiger partial charge in [-0.3, -0.25) is 4.79 Å². The molecule has 1 saturated carbocycles. The number of hydrogen-bond donors (Lipinski definition) is 0. The third-order valence-electron chi connectivity index (χ3n) is 3.13. The van der Waals surface area contributed by atoms with Crippen LogP contribution in [0.3, 0.4) is 0 Å². The number of alkyl halides is 1. The number of ether oxygens (including phenoxy) is 1. The van der Waals surface area contributed by atoms with E-state index in [0.29, 0.717) is 5.88 Å². The average molecular weight is 225 g/mol. The second kappa shape index (κ2) is 3.86. The third-order valence-corrected chi connectivity index (χ3v) is 3.50. The Hall–Kier alpha value is -1.02. The number of rotatable bonds is 3. The van der Waals surface area contributed by atoms with Crippen molar-refractivity contribution in [1.82, 2.24) is 0 Å². The number of carbonyl (C=O) groups excluding carboxylic acids is 1. The van der Waals surface area contributed by atoms with Crippen molar-refractivity contribution in [3.05, 3.63) is 35.9 Å². The summed E-state index contributed by atoms with van der Waals surface area (Å²) < 4.78 is 4.87. The zero-order valence-electron chi connectivity index (χ0n) is 8.57. The summed E-state index contributed by atoms with van der Waals surface area (Å²) in [5.74, 6) is 0.553. The molecule has 1 aromatic rings. The molecular formula is C12H13ClO2. The first kappa shape index (κ1) is 10.5. The largest absolute Gasteiger partial charge is 0.468 e. The summed E-state index contributed by atoms with van der Waals surface area (Å²) in [6.45, 7) is 0. The van der Waals surface area contributed by atoms with Gasteiger partial charge in [-0.05, 0) is 17.9 Å². The van der Waals surface area contributed by atoms with Gasteiger partial charge in [-0.2, -0.15) is 0 Å². The maximum Gasteiger partial charge on any atom is 0.316 e. The molecule has 0 spiro atoms. The molecule has 0 saturated heterocycles. The van der Waals surface area contributed by atoms with Gasteiger partial charge in [0.25, 0.3) is 0 Å². The van der Waals surface area contributed by atoms with Crippen molar-refractivity contribution < 1.29 is 9.53 Å². The predicted molar refractivity (Wildman–Crippen MR) is 59.0 cm³/mol. The first-order valence-corrected chi connectivity index (χ1v) is 5.49. The molecule has 2 unspecified atom stereocenters. The zero-order chi connectivity index (χ0) is 10.9. The smallest absolute Gasteiger partial charge is 0.316 e. The van der Waals surface area contributed by atoms with Crippen molar-refractivity contribution in [2.24, 2.45) is 5.92 Å². The lowest BCUT2D eigenvalue weighted by molar-refractivity contribution is -0.144. The predicted octanol–water partition coefficient (Wildman–Crippen LogP) is 2.36. The quantitative estimate of drug-likeness (QED) is 0.582. The van der Waals surface area contributed by atoms with Crippen molar-refractivity contribution in [1.29, 1.82) is 0 Å². The van der Waals surface area contributed by atoms with Gasteiger partial charge in [0.1, 0.15) is 0 Å². The molecule has 1 aliphatic carbocycles. The molecule has 80 valence electrons. The van der Waals surface area contributed by atoms with E-state index in [1.165, 1.54) is 7.11 Å². The monoisotopic (exact) mass is 224 g/mol. The molecule has 0 aliphatic heterocycles. The highest BCUT2D eigenvalue weighted by atomic mass is 35.5. The third kappa shape index (κ3) is 1.53. The Kier molecular flexibility index (Phi) is 2.70. The van der Waals surface area contributed by atoms with E-state index in [9.17, 15) is 4.79 Å². The van der Waals surface area contributed by atoms with Crippen LogP contribution in [-0.2, 0) is 14.9 Å². The number of benzene rings is 1. The second-order valence-corrected chi connectivity index (χ2v) is 4.19. The SMILES string of the molecule is COC(=O)C1(c2ccccc2)CC1CCl. The standard InChI is InChI=1S/C12H13ClO2/c1-15-11(14)12(7-10(12)8-13)9-5-3-2-4-6-9/h2-6,10H,7-8H2,1H3. The molecule has 0 aromatic heterocycles. The molecule has 15 heavy (non-hydrogen) atoms. The summed E-state index contributed by atoms with van der Waals surface area (Å²) in [6, 6.07) is 9.73. The van der Waals surface area contributed by atoms with Crippen LogP contribution in [0.2, 0.25) is 0 Å². The Morgan fingerprint density at radius 2 is 2.20 bits per heavy atom. The first-order chi connectivity index (χ1) is 7.25. The maximum atomic E-state index is 11.8. The fraction of sp³-hybridized carbons (Fsp3) is 0.417. The van der Waals surface area contributed by atoms with Crippen molar-refractivity contribution in [3.8, 4) is 0 Å². The van der Waals surface area contributed by atoms with E-state index >= 15 is 0 Å². The van der Waals surface area contributed by atoms with E-state index in [2.05, 4.69) is 0 Å². The van der Waals surface area contributed by atoms with Crippen LogP contribution in [0.1, 0.15) is 12.0 Å². The molecular weight excluding hydrogens is 212 g/mol. The number of methoxy groups -OCH3 is 1. The minimum atomic E-state index is -0.474. The minimum Gasteiger partial charge on any atom is -0.468 e. The van der Waals surface area contributed by atoms with Gasteiger partial charge in [0.2, 0.25) is 0 Å². The number of halogens is 1. The van der Waals surface area contributed by atoms with Gasteiger partial charge in [0, 0.05) is 5.88 Å². The summed E-state index contributed by atoms with van der Waals surface area (Å²) in [7, 11) is 1.43. The highest BCUT2D eigenvalue weighted by Crippen LogP contribution is 2.55. The van der Waals surface area contributed by atoms with Crippen LogP contribution in [0.5, 0.6) is 0 Å². The van der Waals surface area contributed by atoms with Gasteiger partial charge in [-0.15, -0.1) is 11.6 Å². The van der Waals surface area contributed by atoms with Gasteiger partial charge in [-0.25, -0.2) is 0 Å². The van der Waals surface area contributed by atoms with E-state index in [4.69, 9.17) is 16.3 Å². The average Bonchev–Trinajstić information content (AvgIpc) is 3.05. The minimum absolute atomic E-state index is 0.167. The van der Waals surface area contributed by atoms with Crippen LogP contribution < -0.4 is 0 Å². The van der Waals surface area contributed by atoms with Crippen molar-refractivity contribution in [2.75, 3.05) is 13.0 Å². The lowest BCUT2D eigenvalue weighted by Crippen LogP contribution is -2.24. The lowest BCUT2D eigenvalue weighted by atomic mass is 9.94. The van der Waals surface area contributed by atoms with E-state index in [1.807, 2.05) is 30.3 Å². The van der Waals surface area contributed by atoms with E-state index < -0.39 is 5.41 Å². The first-order valence-electron chi connectivity index (χ1n) is 4.95. The lowest BCUT2D eigenvalue weighted by Gasteiger charge is -2.14. The molecule has 0 heterocycles. The Labute approximate surface area is 94.2 Å². The van der Waals surface area contributed by atoms with Crippen molar-refractivity contribution in [3.63, 3.8) is 0 Å². The summed E-state index contributed by atoms with van der Waals surface area (Å²) >= 11 is 5.83. The maximum absolute atomic E-state index is 11.8. The molecule has 1 fully saturated rings.